The minimum absolute atomic E-state index is 0.133. The highest BCUT2D eigenvalue weighted by Gasteiger charge is 2.08. The van der Waals surface area contributed by atoms with Crippen LogP contribution in [0.15, 0.2) is 18.2 Å². The molecule has 0 spiro atoms. The molecule has 0 aliphatic carbocycles. The minimum Gasteiger partial charge on any atom is -0.493 e. The van der Waals surface area contributed by atoms with E-state index in [1.165, 1.54) is 13.2 Å². The molecule has 1 N–H and O–H groups in total. The summed E-state index contributed by atoms with van der Waals surface area (Å²) in [4.78, 5) is 22.3. The van der Waals surface area contributed by atoms with Crippen LogP contribution in [0.5, 0.6) is 11.5 Å². The molecule has 6 heteroatoms. The molecule has 1 aromatic rings. The van der Waals surface area contributed by atoms with Crippen molar-refractivity contribution in [3.05, 3.63) is 23.8 Å². The van der Waals surface area contributed by atoms with Crippen LogP contribution in [0.2, 0.25) is 0 Å². The summed E-state index contributed by atoms with van der Waals surface area (Å²) in [6.07, 6.45) is 1.45. The molecule has 0 saturated carbocycles. The average molecular weight is 281 g/mol. The molecule has 0 unspecified atom stereocenters. The van der Waals surface area contributed by atoms with Gasteiger partial charge in [-0.15, -0.1) is 0 Å². The quantitative estimate of drug-likeness (QED) is 0.541. The predicted octanol–water partition coefficient (Wildman–Crippen LogP) is 1.04. The van der Waals surface area contributed by atoms with Gasteiger partial charge in [0.2, 0.25) is 0 Å². The fourth-order valence-corrected chi connectivity index (χ4v) is 1.52. The van der Waals surface area contributed by atoms with Crippen LogP contribution in [0.3, 0.4) is 0 Å². The highest BCUT2D eigenvalue weighted by Crippen LogP contribution is 2.27. The van der Waals surface area contributed by atoms with Crippen molar-refractivity contribution in [2.24, 2.45) is 0 Å². The zero-order valence-corrected chi connectivity index (χ0v) is 11.7. The van der Waals surface area contributed by atoms with E-state index in [4.69, 9.17) is 14.2 Å². The van der Waals surface area contributed by atoms with Crippen molar-refractivity contribution in [1.29, 1.82) is 0 Å². The number of rotatable bonds is 9. The second-order valence-electron chi connectivity index (χ2n) is 4.01. The SMILES string of the molecule is COCCCNC(=O)COc1cc(C=O)ccc1OC. The molecule has 110 valence electrons. The molecule has 6 nitrogen and oxygen atoms in total. The Bertz CT molecular complexity index is 447. The number of ether oxygens (including phenoxy) is 3. The van der Waals surface area contributed by atoms with E-state index in [0.29, 0.717) is 36.5 Å². The third-order valence-electron chi connectivity index (χ3n) is 2.53. The van der Waals surface area contributed by atoms with Gasteiger partial charge >= 0.3 is 0 Å². The molecular formula is C14H19NO5. The Morgan fingerprint density at radius 3 is 2.75 bits per heavy atom. The van der Waals surface area contributed by atoms with Crippen LogP contribution in [-0.2, 0) is 9.53 Å². The minimum atomic E-state index is -0.236. The first-order valence-electron chi connectivity index (χ1n) is 6.23. The van der Waals surface area contributed by atoms with E-state index in [-0.39, 0.29) is 12.5 Å². The zero-order chi connectivity index (χ0) is 14.8. The summed E-state index contributed by atoms with van der Waals surface area (Å²) >= 11 is 0. The number of benzene rings is 1. The normalized spacial score (nSPS) is 9.90. The number of aldehydes is 1. The summed E-state index contributed by atoms with van der Waals surface area (Å²) in [5.41, 5.74) is 0.460. The maximum Gasteiger partial charge on any atom is 0.257 e. The van der Waals surface area contributed by atoms with Gasteiger partial charge in [-0.3, -0.25) is 9.59 Å². The van der Waals surface area contributed by atoms with Crippen LogP contribution in [0.1, 0.15) is 16.8 Å². The molecule has 0 saturated heterocycles. The van der Waals surface area contributed by atoms with Crippen molar-refractivity contribution < 1.29 is 23.8 Å². The molecule has 20 heavy (non-hydrogen) atoms. The first kappa shape index (κ1) is 16.0. The Morgan fingerprint density at radius 1 is 1.30 bits per heavy atom. The van der Waals surface area contributed by atoms with Gasteiger partial charge in [-0.25, -0.2) is 0 Å². The monoisotopic (exact) mass is 281 g/mol. The van der Waals surface area contributed by atoms with Gasteiger partial charge in [-0.05, 0) is 24.6 Å². The van der Waals surface area contributed by atoms with E-state index in [0.717, 1.165) is 6.42 Å². The number of hydrogen-bond acceptors (Lipinski definition) is 5. The Morgan fingerprint density at radius 2 is 2.10 bits per heavy atom. The molecule has 0 aliphatic heterocycles. The van der Waals surface area contributed by atoms with Gasteiger partial charge in [0.15, 0.2) is 18.1 Å². The fourth-order valence-electron chi connectivity index (χ4n) is 1.52. The standard InChI is InChI=1S/C14H19NO5/c1-18-7-3-6-15-14(17)10-20-13-8-11(9-16)4-5-12(13)19-2/h4-5,8-9H,3,6-7,10H2,1-2H3,(H,15,17). The van der Waals surface area contributed by atoms with E-state index in [1.807, 2.05) is 0 Å². The number of carbonyl (C=O) groups is 2. The maximum atomic E-state index is 11.5. The van der Waals surface area contributed by atoms with Crippen molar-refractivity contribution in [3.8, 4) is 11.5 Å². The second kappa shape index (κ2) is 8.92. The predicted molar refractivity (Wildman–Crippen MR) is 73.4 cm³/mol. The van der Waals surface area contributed by atoms with Gasteiger partial charge in [-0.2, -0.15) is 0 Å². The van der Waals surface area contributed by atoms with Gasteiger partial charge in [0.1, 0.15) is 6.29 Å². The lowest BCUT2D eigenvalue weighted by Crippen LogP contribution is -2.30. The molecule has 0 aromatic heterocycles. The first-order valence-corrected chi connectivity index (χ1v) is 6.23. The molecule has 0 aliphatic rings. The third kappa shape index (κ3) is 5.27. The molecule has 1 amide bonds. The summed E-state index contributed by atoms with van der Waals surface area (Å²) in [7, 11) is 3.10. The van der Waals surface area contributed by atoms with Crippen LogP contribution >= 0.6 is 0 Å². The third-order valence-corrected chi connectivity index (χ3v) is 2.53. The highest BCUT2D eigenvalue weighted by atomic mass is 16.5. The number of methoxy groups -OCH3 is 2. The summed E-state index contributed by atoms with van der Waals surface area (Å²) in [6, 6.07) is 4.77. The van der Waals surface area contributed by atoms with Gasteiger partial charge in [0, 0.05) is 25.8 Å². The summed E-state index contributed by atoms with van der Waals surface area (Å²) in [5, 5.41) is 2.70. The smallest absolute Gasteiger partial charge is 0.257 e. The Hall–Kier alpha value is -2.08. The topological polar surface area (TPSA) is 73.9 Å². The lowest BCUT2D eigenvalue weighted by Gasteiger charge is -2.11. The Kier molecular flexibility index (Phi) is 7.13. The lowest BCUT2D eigenvalue weighted by molar-refractivity contribution is -0.123. The van der Waals surface area contributed by atoms with E-state index in [1.54, 1.807) is 19.2 Å². The number of hydrogen-bond donors (Lipinski definition) is 1. The maximum absolute atomic E-state index is 11.5. The molecule has 0 bridgehead atoms. The molecule has 1 rings (SSSR count). The van der Waals surface area contributed by atoms with Crippen molar-refractivity contribution in [2.75, 3.05) is 34.0 Å². The fraction of sp³-hybridized carbons (Fsp3) is 0.429. The second-order valence-corrected chi connectivity index (χ2v) is 4.01. The van der Waals surface area contributed by atoms with Crippen molar-refractivity contribution in [2.45, 2.75) is 6.42 Å². The molecule has 0 atom stereocenters. The van der Waals surface area contributed by atoms with Crippen molar-refractivity contribution >= 4 is 12.2 Å². The van der Waals surface area contributed by atoms with Crippen LogP contribution in [0.4, 0.5) is 0 Å². The van der Waals surface area contributed by atoms with E-state index in [9.17, 15) is 9.59 Å². The van der Waals surface area contributed by atoms with E-state index < -0.39 is 0 Å². The van der Waals surface area contributed by atoms with Crippen LogP contribution in [-0.4, -0.2) is 46.2 Å². The van der Waals surface area contributed by atoms with Crippen molar-refractivity contribution in [3.63, 3.8) is 0 Å². The lowest BCUT2D eigenvalue weighted by atomic mass is 10.2. The summed E-state index contributed by atoms with van der Waals surface area (Å²) in [6.45, 7) is 0.990. The zero-order valence-electron chi connectivity index (χ0n) is 11.7. The van der Waals surface area contributed by atoms with Crippen LogP contribution in [0, 0.1) is 0 Å². The Labute approximate surface area is 118 Å². The largest absolute Gasteiger partial charge is 0.493 e. The van der Waals surface area contributed by atoms with Crippen LogP contribution < -0.4 is 14.8 Å². The number of carbonyl (C=O) groups excluding carboxylic acids is 2. The average Bonchev–Trinajstić information content (AvgIpc) is 2.49. The summed E-state index contributed by atoms with van der Waals surface area (Å²) in [5.74, 6) is 0.603. The van der Waals surface area contributed by atoms with E-state index >= 15 is 0 Å². The highest BCUT2D eigenvalue weighted by molar-refractivity contribution is 5.78. The molecule has 0 radical (unpaired) electrons. The number of amides is 1. The van der Waals surface area contributed by atoms with Gasteiger partial charge in [0.25, 0.3) is 5.91 Å². The Balaban J connectivity index is 2.47. The van der Waals surface area contributed by atoms with Crippen molar-refractivity contribution in [1.82, 2.24) is 5.32 Å². The van der Waals surface area contributed by atoms with Gasteiger partial charge < -0.3 is 19.5 Å². The molecule has 1 aromatic carbocycles. The van der Waals surface area contributed by atoms with Gasteiger partial charge in [0.05, 0.1) is 7.11 Å². The van der Waals surface area contributed by atoms with Gasteiger partial charge in [-0.1, -0.05) is 0 Å². The summed E-state index contributed by atoms with van der Waals surface area (Å²) < 4.78 is 15.3. The molecular weight excluding hydrogens is 262 g/mol. The molecule has 0 heterocycles. The number of nitrogens with one attached hydrogen (secondary N) is 1. The van der Waals surface area contributed by atoms with Crippen LogP contribution in [0.25, 0.3) is 0 Å². The molecule has 0 fully saturated rings. The van der Waals surface area contributed by atoms with E-state index in [2.05, 4.69) is 5.32 Å². The first-order chi connectivity index (χ1) is 9.71.